The summed E-state index contributed by atoms with van der Waals surface area (Å²) in [5.41, 5.74) is 0. The standard InChI is InChI=1S/C16H17FN2O3S3/c17-13-4-1-2-5-14(13)25(21,22)19-9-7-18(8-10-19)15(20)12-24-16-6-3-11-23-16/h1-6,11H,7-10,12H2. The highest BCUT2D eigenvalue weighted by molar-refractivity contribution is 8.01. The average Bonchev–Trinajstić information content (AvgIpc) is 3.13. The van der Waals surface area contributed by atoms with Crippen LogP contribution >= 0.6 is 23.1 Å². The van der Waals surface area contributed by atoms with E-state index in [1.54, 1.807) is 16.2 Å². The van der Waals surface area contributed by atoms with Gasteiger partial charge in [-0.15, -0.1) is 23.1 Å². The highest BCUT2D eigenvalue weighted by atomic mass is 32.2. The van der Waals surface area contributed by atoms with Crippen molar-refractivity contribution in [1.82, 2.24) is 9.21 Å². The van der Waals surface area contributed by atoms with Crippen LogP contribution < -0.4 is 0 Å². The van der Waals surface area contributed by atoms with Crippen molar-refractivity contribution < 1.29 is 17.6 Å². The lowest BCUT2D eigenvalue weighted by Crippen LogP contribution is -2.51. The molecule has 2 heterocycles. The number of halogens is 1. The van der Waals surface area contributed by atoms with Crippen LogP contribution in [0.4, 0.5) is 4.39 Å². The molecule has 1 fully saturated rings. The number of hydrogen-bond donors (Lipinski definition) is 0. The quantitative estimate of drug-likeness (QED) is 0.724. The summed E-state index contributed by atoms with van der Waals surface area (Å²) < 4.78 is 41.2. The molecule has 25 heavy (non-hydrogen) atoms. The number of nitrogens with zero attached hydrogens (tertiary/aromatic N) is 2. The number of hydrogen-bond acceptors (Lipinski definition) is 5. The van der Waals surface area contributed by atoms with Gasteiger partial charge in [-0.1, -0.05) is 18.2 Å². The monoisotopic (exact) mass is 400 g/mol. The van der Waals surface area contributed by atoms with Crippen molar-refractivity contribution in [1.29, 1.82) is 0 Å². The van der Waals surface area contributed by atoms with E-state index in [1.807, 2.05) is 17.5 Å². The molecule has 0 bridgehead atoms. The Labute approximate surface area is 154 Å². The molecule has 134 valence electrons. The van der Waals surface area contributed by atoms with E-state index in [0.717, 1.165) is 10.3 Å². The zero-order valence-electron chi connectivity index (χ0n) is 13.3. The largest absolute Gasteiger partial charge is 0.339 e. The number of rotatable bonds is 5. The van der Waals surface area contributed by atoms with Gasteiger partial charge in [0.2, 0.25) is 15.9 Å². The summed E-state index contributed by atoms with van der Waals surface area (Å²) in [5.74, 6) is -0.435. The Bertz CT molecular complexity index is 832. The molecule has 2 aromatic rings. The van der Waals surface area contributed by atoms with Gasteiger partial charge in [-0.05, 0) is 23.6 Å². The molecule has 1 aliphatic heterocycles. The number of carbonyl (C=O) groups is 1. The number of amides is 1. The Morgan fingerprint density at radius 3 is 2.48 bits per heavy atom. The fourth-order valence-electron chi connectivity index (χ4n) is 2.54. The second-order valence-electron chi connectivity index (χ2n) is 5.44. The Kier molecular flexibility index (Phi) is 5.78. The molecule has 0 atom stereocenters. The number of benzene rings is 1. The first-order chi connectivity index (χ1) is 12.0. The van der Waals surface area contributed by atoms with E-state index in [9.17, 15) is 17.6 Å². The maximum Gasteiger partial charge on any atom is 0.246 e. The van der Waals surface area contributed by atoms with Crippen LogP contribution in [-0.4, -0.2) is 55.5 Å². The van der Waals surface area contributed by atoms with Crippen molar-refractivity contribution in [2.75, 3.05) is 31.9 Å². The van der Waals surface area contributed by atoms with E-state index in [1.165, 1.54) is 34.3 Å². The summed E-state index contributed by atoms with van der Waals surface area (Å²) in [7, 11) is -3.87. The van der Waals surface area contributed by atoms with E-state index in [-0.39, 0.29) is 23.9 Å². The molecule has 0 aliphatic carbocycles. The molecule has 3 rings (SSSR count). The van der Waals surface area contributed by atoms with Crippen LogP contribution in [-0.2, 0) is 14.8 Å². The average molecular weight is 401 g/mol. The predicted octanol–water partition coefficient (Wildman–Crippen LogP) is 2.51. The fraction of sp³-hybridized carbons (Fsp3) is 0.312. The summed E-state index contributed by atoms with van der Waals surface area (Å²) in [4.78, 5) is 13.6. The van der Waals surface area contributed by atoms with E-state index in [0.29, 0.717) is 18.8 Å². The summed E-state index contributed by atoms with van der Waals surface area (Å²) in [6.07, 6.45) is 0. The molecule has 1 aromatic carbocycles. The summed E-state index contributed by atoms with van der Waals surface area (Å²) in [6.45, 7) is 0.979. The Morgan fingerprint density at radius 1 is 1.12 bits per heavy atom. The zero-order valence-corrected chi connectivity index (χ0v) is 15.7. The first kappa shape index (κ1) is 18.4. The van der Waals surface area contributed by atoms with Crippen molar-refractivity contribution in [2.45, 2.75) is 9.10 Å². The number of sulfonamides is 1. The van der Waals surface area contributed by atoms with Crippen molar-refractivity contribution in [3.05, 3.63) is 47.6 Å². The first-order valence-electron chi connectivity index (χ1n) is 7.67. The van der Waals surface area contributed by atoms with Crippen LogP contribution in [0.15, 0.2) is 50.9 Å². The van der Waals surface area contributed by atoms with Gasteiger partial charge in [-0.2, -0.15) is 4.31 Å². The van der Waals surface area contributed by atoms with Gasteiger partial charge in [0, 0.05) is 26.2 Å². The molecule has 1 saturated heterocycles. The van der Waals surface area contributed by atoms with Crippen molar-refractivity contribution >= 4 is 39.0 Å². The summed E-state index contributed by atoms with van der Waals surface area (Å²) in [5, 5.41) is 1.96. The summed E-state index contributed by atoms with van der Waals surface area (Å²) in [6, 6.07) is 9.24. The van der Waals surface area contributed by atoms with E-state index in [2.05, 4.69) is 0 Å². The van der Waals surface area contributed by atoms with Crippen LogP contribution in [0.1, 0.15) is 0 Å². The van der Waals surface area contributed by atoms with E-state index >= 15 is 0 Å². The maximum absolute atomic E-state index is 13.8. The van der Waals surface area contributed by atoms with E-state index in [4.69, 9.17) is 0 Å². The lowest BCUT2D eigenvalue weighted by atomic mass is 10.3. The fourth-order valence-corrected chi connectivity index (χ4v) is 5.71. The van der Waals surface area contributed by atoms with Gasteiger partial charge < -0.3 is 4.90 Å². The van der Waals surface area contributed by atoms with Gasteiger partial charge in [-0.3, -0.25) is 4.79 Å². The normalized spacial score (nSPS) is 16.1. The zero-order chi connectivity index (χ0) is 17.9. The van der Waals surface area contributed by atoms with Crippen LogP contribution in [0, 0.1) is 5.82 Å². The minimum atomic E-state index is -3.87. The molecule has 0 saturated carbocycles. The number of piperazine rings is 1. The van der Waals surface area contributed by atoms with Gasteiger partial charge >= 0.3 is 0 Å². The third-order valence-electron chi connectivity index (χ3n) is 3.88. The topological polar surface area (TPSA) is 57.7 Å². The van der Waals surface area contributed by atoms with Crippen molar-refractivity contribution in [2.24, 2.45) is 0 Å². The Hall–Kier alpha value is -1.42. The van der Waals surface area contributed by atoms with Gasteiger partial charge in [0.1, 0.15) is 10.7 Å². The number of thioether (sulfide) groups is 1. The Morgan fingerprint density at radius 2 is 1.84 bits per heavy atom. The lowest BCUT2D eigenvalue weighted by Gasteiger charge is -2.34. The number of carbonyl (C=O) groups excluding carboxylic acids is 1. The predicted molar refractivity (Wildman–Crippen MR) is 96.8 cm³/mol. The molecule has 0 N–H and O–H groups in total. The van der Waals surface area contributed by atoms with Crippen LogP contribution in [0.25, 0.3) is 0 Å². The van der Waals surface area contributed by atoms with Gasteiger partial charge in [-0.25, -0.2) is 12.8 Å². The van der Waals surface area contributed by atoms with Crippen LogP contribution in [0.3, 0.4) is 0 Å². The van der Waals surface area contributed by atoms with Gasteiger partial charge in [0.15, 0.2) is 0 Å². The molecule has 1 aromatic heterocycles. The highest BCUT2D eigenvalue weighted by Crippen LogP contribution is 2.24. The molecule has 1 amide bonds. The Balaban J connectivity index is 1.58. The third kappa shape index (κ3) is 4.22. The molecule has 0 unspecified atom stereocenters. The third-order valence-corrected chi connectivity index (χ3v) is 7.93. The molecular formula is C16H17FN2O3S3. The van der Waals surface area contributed by atoms with Crippen molar-refractivity contribution in [3.8, 4) is 0 Å². The second-order valence-corrected chi connectivity index (χ2v) is 9.57. The summed E-state index contributed by atoms with van der Waals surface area (Å²) >= 11 is 3.06. The maximum atomic E-state index is 13.8. The minimum Gasteiger partial charge on any atom is -0.339 e. The molecule has 5 nitrogen and oxygen atoms in total. The van der Waals surface area contributed by atoms with Crippen LogP contribution in [0.5, 0.6) is 0 Å². The number of thiophene rings is 1. The van der Waals surface area contributed by atoms with E-state index < -0.39 is 15.8 Å². The first-order valence-corrected chi connectivity index (χ1v) is 11.0. The molecule has 1 aliphatic rings. The molecular weight excluding hydrogens is 383 g/mol. The smallest absolute Gasteiger partial charge is 0.246 e. The second kappa shape index (κ2) is 7.86. The molecule has 0 radical (unpaired) electrons. The van der Waals surface area contributed by atoms with Gasteiger partial charge in [0.25, 0.3) is 0 Å². The van der Waals surface area contributed by atoms with Crippen molar-refractivity contribution in [3.63, 3.8) is 0 Å². The van der Waals surface area contributed by atoms with Crippen LogP contribution in [0.2, 0.25) is 0 Å². The minimum absolute atomic E-state index is 0.0126. The molecule has 0 spiro atoms. The SMILES string of the molecule is O=C(CSc1cccs1)N1CCN(S(=O)(=O)c2ccccc2F)CC1. The molecule has 9 heteroatoms. The highest BCUT2D eigenvalue weighted by Gasteiger charge is 2.31. The lowest BCUT2D eigenvalue weighted by molar-refractivity contribution is -0.129. The van der Waals surface area contributed by atoms with Gasteiger partial charge in [0.05, 0.1) is 9.96 Å².